The molecule has 5 nitrogen and oxygen atoms in total. The molecule has 0 aromatic rings. The second-order valence-electron chi connectivity index (χ2n) is 6.29. The van der Waals surface area contributed by atoms with Gasteiger partial charge < -0.3 is 20.0 Å². The van der Waals surface area contributed by atoms with E-state index < -0.39 is 0 Å². The zero-order chi connectivity index (χ0) is 14.4. The van der Waals surface area contributed by atoms with Crippen molar-refractivity contribution in [2.45, 2.75) is 38.1 Å². The fourth-order valence-electron chi connectivity index (χ4n) is 3.17. The molecule has 116 valence electrons. The highest BCUT2D eigenvalue weighted by Gasteiger charge is 2.23. The normalized spacial score (nSPS) is 22.0. The number of hydrogen-bond donors (Lipinski definition) is 1. The highest BCUT2D eigenvalue weighted by atomic mass is 16.2. The largest absolute Gasteiger partial charge is 0.331 e. The molecular weight excluding hydrogens is 252 g/mol. The number of amides is 2. The van der Waals surface area contributed by atoms with Gasteiger partial charge in [-0.15, -0.1) is 0 Å². The quantitative estimate of drug-likeness (QED) is 0.842. The van der Waals surface area contributed by atoms with Crippen LogP contribution in [0.2, 0.25) is 0 Å². The molecule has 2 fully saturated rings. The number of urea groups is 1. The molecule has 0 aromatic carbocycles. The number of likely N-dealkylation sites (tertiary alicyclic amines) is 2. The Hall–Kier alpha value is -0.810. The fourth-order valence-corrected chi connectivity index (χ4v) is 3.17. The predicted molar refractivity (Wildman–Crippen MR) is 82.0 cm³/mol. The van der Waals surface area contributed by atoms with Crippen molar-refractivity contribution in [3.63, 3.8) is 0 Å². The molecule has 2 aliphatic heterocycles. The molecule has 1 N–H and O–H groups in total. The van der Waals surface area contributed by atoms with E-state index in [4.69, 9.17) is 0 Å². The van der Waals surface area contributed by atoms with Crippen molar-refractivity contribution in [1.29, 1.82) is 0 Å². The van der Waals surface area contributed by atoms with Gasteiger partial charge in [0.25, 0.3) is 0 Å². The average molecular weight is 282 g/mol. The monoisotopic (exact) mass is 282 g/mol. The van der Waals surface area contributed by atoms with E-state index in [9.17, 15) is 4.79 Å². The first-order chi connectivity index (χ1) is 9.66. The molecule has 0 aliphatic carbocycles. The van der Waals surface area contributed by atoms with Gasteiger partial charge in [-0.2, -0.15) is 0 Å². The van der Waals surface area contributed by atoms with E-state index in [-0.39, 0.29) is 6.03 Å². The Balaban J connectivity index is 1.58. The molecule has 0 unspecified atom stereocenters. The summed E-state index contributed by atoms with van der Waals surface area (Å²) in [6.07, 6.45) is 6.30. The van der Waals surface area contributed by atoms with Crippen LogP contribution in [0, 0.1) is 0 Å². The van der Waals surface area contributed by atoms with Crippen molar-refractivity contribution in [3.05, 3.63) is 0 Å². The van der Waals surface area contributed by atoms with Gasteiger partial charge >= 0.3 is 6.03 Å². The standard InChI is InChI=1S/C15H30N4O/c1-17(2)15(20)19-11-6-14(7-12-19)16-8-13-18-9-4-3-5-10-18/h14,16H,3-13H2,1-2H3. The minimum absolute atomic E-state index is 0.150. The van der Waals surface area contributed by atoms with Crippen LogP contribution in [0.1, 0.15) is 32.1 Å². The molecule has 2 heterocycles. The summed E-state index contributed by atoms with van der Waals surface area (Å²) in [5.74, 6) is 0. The second-order valence-corrected chi connectivity index (χ2v) is 6.29. The van der Waals surface area contributed by atoms with Crippen LogP contribution in [0.25, 0.3) is 0 Å². The van der Waals surface area contributed by atoms with E-state index in [1.165, 1.54) is 38.9 Å². The van der Waals surface area contributed by atoms with Gasteiger partial charge in [-0.3, -0.25) is 0 Å². The molecule has 0 spiro atoms. The van der Waals surface area contributed by atoms with E-state index in [0.29, 0.717) is 6.04 Å². The third kappa shape index (κ3) is 4.63. The molecule has 2 aliphatic rings. The summed E-state index contributed by atoms with van der Waals surface area (Å²) in [5, 5.41) is 3.66. The number of nitrogens with one attached hydrogen (secondary N) is 1. The minimum atomic E-state index is 0.150. The van der Waals surface area contributed by atoms with E-state index in [1.54, 1.807) is 4.90 Å². The van der Waals surface area contributed by atoms with Gasteiger partial charge in [0.05, 0.1) is 0 Å². The summed E-state index contributed by atoms with van der Waals surface area (Å²) in [7, 11) is 3.65. The van der Waals surface area contributed by atoms with Crippen molar-refractivity contribution >= 4 is 6.03 Å². The lowest BCUT2D eigenvalue weighted by molar-refractivity contribution is 0.151. The predicted octanol–water partition coefficient (Wildman–Crippen LogP) is 1.21. The number of piperidine rings is 2. The van der Waals surface area contributed by atoms with Crippen LogP contribution < -0.4 is 5.32 Å². The van der Waals surface area contributed by atoms with Crippen molar-refractivity contribution in [3.8, 4) is 0 Å². The minimum Gasteiger partial charge on any atom is -0.331 e. The lowest BCUT2D eigenvalue weighted by Gasteiger charge is -2.34. The van der Waals surface area contributed by atoms with Gasteiger partial charge in [0.15, 0.2) is 0 Å². The van der Waals surface area contributed by atoms with Crippen LogP contribution in [0.15, 0.2) is 0 Å². The first-order valence-electron chi connectivity index (χ1n) is 8.09. The second kappa shape index (κ2) is 7.84. The summed E-state index contributed by atoms with van der Waals surface area (Å²) in [4.78, 5) is 18.1. The average Bonchev–Trinajstić information content (AvgIpc) is 2.48. The molecule has 0 atom stereocenters. The van der Waals surface area contributed by atoms with Crippen LogP contribution in [0.3, 0.4) is 0 Å². The molecule has 0 saturated carbocycles. The Morgan fingerprint density at radius 2 is 1.75 bits per heavy atom. The summed E-state index contributed by atoms with van der Waals surface area (Å²) in [6, 6.07) is 0.739. The van der Waals surface area contributed by atoms with Crippen LogP contribution in [-0.4, -0.2) is 80.1 Å². The SMILES string of the molecule is CN(C)C(=O)N1CCC(NCCN2CCCCC2)CC1. The Bertz CT molecular complexity index is 294. The van der Waals surface area contributed by atoms with E-state index >= 15 is 0 Å². The number of carbonyl (C=O) groups is 1. The molecule has 2 saturated heterocycles. The summed E-state index contributed by atoms with van der Waals surface area (Å²) in [5.41, 5.74) is 0. The molecule has 2 amide bonds. The molecule has 0 bridgehead atoms. The zero-order valence-corrected chi connectivity index (χ0v) is 13.1. The molecule has 0 radical (unpaired) electrons. The topological polar surface area (TPSA) is 38.8 Å². The van der Waals surface area contributed by atoms with Gasteiger partial charge in [-0.1, -0.05) is 6.42 Å². The van der Waals surface area contributed by atoms with Crippen LogP contribution in [0.5, 0.6) is 0 Å². The Morgan fingerprint density at radius 3 is 2.35 bits per heavy atom. The number of carbonyl (C=O) groups excluding carboxylic acids is 1. The van der Waals surface area contributed by atoms with Gasteiger partial charge in [0, 0.05) is 46.3 Å². The molecule has 5 heteroatoms. The molecular formula is C15H30N4O. The maximum atomic E-state index is 11.8. The Labute approximate surface area is 123 Å². The van der Waals surface area contributed by atoms with Gasteiger partial charge in [0.2, 0.25) is 0 Å². The lowest BCUT2D eigenvalue weighted by atomic mass is 10.1. The maximum absolute atomic E-state index is 11.8. The maximum Gasteiger partial charge on any atom is 0.319 e. The first-order valence-corrected chi connectivity index (χ1v) is 8.09. The van der Waals surface area contributed by atoms with Crippen molar-refractivity contribution in [2.24, 2.45) is 0 Å². The lowest BCUT2D eigenvalue weighted by Crippen LogP contribution is -2.49. The van der Waals surface area contributed by atoms with Gasteiger partial charge in [0.1, 0.15) is 0 Å². The van der Waals surface area contributed by atoms with Crippen LogP contribution >= 0.6 is 0 Å². The Morgan fingerprint density at radius 1 is 1.10 bits per heavy atom. The smallest absolute Gasteiger partial charge is 0.319 e. The van der Waals surface area contributed by atoms with Gasteiger partial charge in [-0.25, -0.2) is 4.79 Å². The van der Waals surface area contributed by atoms with Crippen molar-refractivity contribution in [1.82, 2.24) is 20.0 Å². The molecule has 20 heavy (non-hydrogen) atoms. The number of rotatable bonds is 4. The molecule has 2 rings (SSSR count). The fraction of sp³-hybridized carbons (Fsp3) is 0.933. The van der Waals surface area contributed by atoms with Crippen molar-refractivity contribution < 1.29 is 4.79 Å². The van der Waals surface area contributed by atoms with Crippen LogP contribution in [0.4, 0.5) is 4.79 Å². The van der Waals surface area contributed by atoms with Gasteiger partial charge in [-0.05, 0) is 38.8 Å². The van der Waals surface area contributed by atoms with Crippen LogP contribution in [-0.2, 0) is 0 Å². The Kier molecular flexibility index (Phi) is 6.10. The van der Waals surface area contributed by atoms with E-state index in [0.717, 1.165) is 32.5 Å². The third-order valence-corrected chi connectivity index (χ3v) is 4.46. The highest BCUT2D eigenvalue weighted by Crippen LogP contribution is 2.12. The highest BCUT2D eigenvalue weighted by molar-refractivity contribution is 5.73. The zero-order valence-electron chi connectivity index (χ0n) is 13.1. The first kappa shape index (κ1) is 15.6. The summed E-state index contributed by atoms with van der Waals surface area (Å²) >= 11 is 0. The third-order valence-electron chi connectivity index (χ3n) is 4.46. The number of hydrogen-bond acceptors (Lipinski definition) is 3. The number of nitrogens with zero attached hydrogens (tertiary/aromatic N) is 3. The van der Waals surface area contributed by atoms with E-state index in [2.05, 4.69) is 10.2 Å². The summed E-state index contributed by atoms with van der Waals surface area (Å²) < 4.78 is 0. The summed E-state index contributed by atoms with van der Waals surface area (Å²) in [6.45, 7) is 6.59. The van der Waals surface area contributed by atoms with E-state index in [1.807, 2.05) is 19.0 Å². The molecule has 0 aromatic heterocycles. The van der Waals surface area contributed by atoms with Crippen molar-refractivity contribution in [2.75, 3.05) is 53.4 Å².